The van der Waals surface area contributed by atoms with Gasteiger partial charge in [0.1, 0.15) is 15.8 Å². The number of amides is 1. The summed E-state index contributed by atoms with van der Waals surface area (Å²) in [6.45, 7) is 0.308. The van der Waals surface area contributed by atoms with Crippen molar-refractivity contribution in [1.29, 1.82) is 0 Å². The molecule has 0 aliphatic heterocycles. The number of anilines is 1. The second-order valence-electron chi connectivity index (χ2n) is 3.49. The first-order chi connectivity index (χ1) is 9.08. The van der Waals surface area contributed by atoms with Crippen LogP contribution >= 0.6 is 31.9 Å². The molecule has 0 aliphatic rings. The van der Waals surface area contributed by atoms with Crippen molar-refractivity contribution in [2.24, 2.45) is 5.73 Å². The third-order valence-electron chi connectivity index (χ3n) is 2.06. The number of nitrogens with one attached hydrogen (secondary N) is 1. The van der Waals surface area contributed by atoms with Gasteiger partial charge in [-0.05, 0) is 31.9 Å². The molecule has 1 amide bonds. The average Bonchev–Trinajstić information content (AvgIpc) is 2.80. The third kappa shape index (κ3) is 3.78. The lowest BCUT2D eigenvalue weighted by atomic mass is 10.5. The molecule has 19 heavy (non-hydrogen) atoms. The molecule has 2 aromatic heterocycles. The molecule has 0 aromatic carbocycles. The van der Waals surface area contributed by atoms with Crippen molar-refractivity contribution in [3.63, 3.8) is 0 Å². The lowest BCUT2D eigenvalue weighted by Crippen LogP contribution is -2.20. The zero-order chi connectivity index (χ0) is 13.8. The molecule has 2 rings (SSSR count). The Kier molecular flexibility index (Phi) is 4.56. The van der Waals surface area contributed by atoms with E-state index in [9.17, 15) is 4.79 Å². The molecule has 100 valence electrons. The van der Waals surface area contributed by atoms with Crippen LogP contribution in [0.15, 0.2) is 21.6 Å². The summed E-state index contributed by atoms with van der Waals surface area (Å²) in [5.41, 5.74) is 6.03. The highest BCUT2D eigenvalue weighted by atomic mass is 79.9. The number of carbonyl (C=O) groups excluding carboxylic acids is 1. The van der Waals surface area contributed by atoms with Crippen LogP contribution in [0.2, 0.25) is 0 Å². The smallest absolute Gasteiger partial charge is 0.247 e. The molecule has 8 nitrogen and oxygen atoms in total. The van der Waals surface area contributed by atoms with Gasteiger partial charge in [-0.15, -0.1) is 5.10 Å². The molecule has 0 fully saturated rings. The van der Waals surface area contributed by atoms with Gasteiger partial charge >= 0.3 is 0 Å². The Bertz CT molecular complexity index is 600. The van der Waals surface area contributed by atoms with E-state index < -0.39 is 0 Å². The number of carbonyl (C=O) groups is 1. The van der Waals surface area contributed by atoms with Crippen LogP contribution in [0, 0.1) is 0 Å². The monoisotopic (exact) mass is 389 g/mol. The summed E-state index contributed by atoms with van der Waals surface area (Å²) in [6, 6.07) is 0. The van der Waals surface area contributed by atoms with Crippen LogP contribution in [0.5, 0.6) is 0 Å². The molecule has 0 bridgehead atoms. The highest BCUT2D eigenvalue weighted by Crippen LogP contribution is 2.19. The lowest BCUT2D eigenvalue weighted by molar-refractivity contribution is -0.117. The van der Waals surface area contributed by atoms with Gasteiger partial charge in [0.15, 0.2) is 5.82 Å². The number of halogens is 2. The van der Waals surface area contributed by atoms with Crippen molar-refractivity contribution >= 4 is 43.6 Å². The molecule has 0 aliphatic carbocycles. The normalized spacial score (nSPS) is 10.5. The fourth-order valence-electron chi connectivity index (χ4n) is 1.26. The van der Waals surface area contributed by atoms with E-state index in [0.29, 0.717) is 20.7 Å². The fraction of sp³-hybridized carbons (Fsp3) is 0.222. The Balaban J connectivity index is 2.01. The SMILES string of the molecule is NCc1cn(CC(=O)Nc2ncc(Br)nc2Br)nn1. The minimum absolute atomic E-state index is 0.0250. The molecule has 0 atom stereocenters. The summed E-state index contributed by atoms with van der Waals surface area (Å²) in [7, 11) is 0. The van der Waals surface area contributed by atoms with Crippen molar-refractivity contribution < 1.29 is 4.79 Å². The maximum Gasteiger partial charge on any atom is 0.247 e. The van der Waals surface area contributed by atoms with Crippen molar-refractivity contribution in [2.75, 3.05) is 5.32 Å². The highest BCUT2D eigenvalue weighted by Gasteiger charge is 2.10. The Morgan fingerprint density at radius 2 is 2.26 bits per heavy atom. The maximum atomic E-state index is 11.8. The van der Waals surface area contributed by atoms with Gasteiger partial charge in [0.25, 0.3) is 0 Å². The first kappa shape index (κ1) is 14.0. The van der Waals surface area contributed by atoms with Gasteiger partial charge < -0.3 is 11.1 Å². The summed E-state index contributed by atoms with van der Waals surface area (Å²) < 4.78 is 2.41. The van der Waals surface area contributed by atoms with E-state index in [1.54, 1.807) is 6.20 Å². The zero-order valence-corrected chi connectivity index (χ0v) is 12.7. The van der Waals surface area contributed by atoms with Crippen LogP contribution in [-0.2, 0) is 17.9 Å². The van der Waals surface area contributed by atoms with E-state index in [0.717, 1.165) is 0 Å². The van der Waals surface area contributed by atoms with E-state index in [1.165, 1.54) is 10.9 Å². The van der Waals surface area contributed by atoms with Crippen molar-refractivity contribution in [3.8, 4) is 0 Å². The average molecular weight is 391 g/mol. The summed E-state index contributed by atoms with van der Waals surface area (Å²) in [4.78, 5) is 19.9. The van der Waals surface area contributed by atoms with Crippen LogP contribution in [-0.4, -0.2) is 30.9 Å². The van der Waals surface area contributed by atoms with E-state index in [1.807, 2.05) is 0 Å². The van der Waals surface area contributed by atoms with Gasteiger partial charge in [0.05, 0.1) is 18.1 Å². The molecular formula is C9H9Br2N7O. The first-order valence-electron chi connectivity index (χ1n) is 5.15. The largest absolute Gasteiger partial charge is 0.325 e. The second-order valence-corrected chi connectivity index (χ2v) is 5.06. The Labute approximate surface area is 125 Å². The number of aromatic nitrogens is 5. The van der Waals surface area contributed by atoms with E-state index in [2.05, 4.69) is 57.5 Å². The molecule has 2 heterocycles. The van der Waals surface area contributed by atoms with Crippen LogP contribution in [0.1, 0.15) is 5.69 Å². The van der Waals surface area contributed by atoms with Gasteiger partial charge in [-0.25, -0.2) is 14.6 Å². The molecule has 2 aromatic rings. The highest BCUT2D eigenvalue weighted by molar-refractivity contribution is 9.11. The summed E-state index contributed by atoms with van der Waals surface area (Å²) in [5.74, 6) is 0.0538. The van der Waals surface area contributed by atoms with Gasteiger partial charge in [-0.3, -0.25) is 4.79 Å². The quantitative estimate of drug-likeness (QED) is 0.794. The molecular weight excluding hydrogens is 382 g/mol. The lowest BCUT2D eigenvalue weighted by Gasteiger charge is -2.05. The van der Waals surface area contributed by atoms with Crippen LogP contribution in [0.25, 0.3) is 0 Å². The molecule has 0 unspecified atom stereocenters. The second kappa shape index (κ2) is 6.17. The summed E-state index contributed by atoms with van der Waals surface area (Å²) in [5, 5.41) is 10.2. The maximum absolute atomic E-state index is 11.8. The van der Waals surface area contributed by atoms with E-state index >= 15 is 0 Å². The van der Waals surface area contributed by atoms with Gasteiger partial charge in [0.2, 0.25) is 5.91 Å². The van der Waals surface area contributed by atoms with Crippen LogP contribution in [0.4, 0.5) is 5.82 Å². The number of nitrogens with two attached hydrogens (primary N) is 1. The van der Waals surface area contributed by atoms with Gasteiger partial charge in [0, 0.05) is 6.54 Å². The third-order valence-corrected chi connectivity index (χ3v) is 2.99. The van der Waals surface area contributed by atoms with Crippen molar-refractivity contribution in [1.82, 2.24) is 25.0 Å². The zero-order valence-electron chi connectivity index (χ0n) is 9.55. The Morgan fingerprint density at radius 1 is 1.47 bits per heavy atom. The summed E-state index contributed by atoms with van der Waals surface area (Å²) in [6.07, 6.45) is 3.10. The molecule has 0 radical (unpaired) electrons. The number of hydrogen-bond acceptors (Lipinski definition) is 6. The predicted molar refractivity (Wildman–Crippen MR) is 74.0 cm³/mol. The van der Waals surface area contributed by atoms with E-state index in [-0.39, 0.29) is 19.0 Å². The Morgan fingerprint density at radius 3 is 2.89 bits per heavy atom. The van der Waals surface area contributed by atoms with Crippen molar-refractivity contribution in [2.45, 2.75) is 13.1 Å². The molecule has 3 N–H and O–H groups in total. The first-order valence-corrected chi connectivity index (χ1v) is 6.74. The Hall–Kier alpha value is -1.39. The van der Waals surface area contributed by atoms with Crippen LogP contribution in [0.3, 0.4) is 0 Å². The summed E-state index contributed by atoms with van der Waals surface area (Å²) >= 11 is 6.38. The minimum atomic E-state index is -0.286. The molecule has 10 heteroatoms. The standard InChI is InChI=1S/C9H9Br2N7O/c10-6-2-13-9(8(11)14-6)15-7(19)4-18-3-5(1-12)16-17-18/h2-3H,1,4,12H2,(H,13,15,19). The predicted octanol–water partition coefficient (Wildman–Crippen LogP) is 0.690. The molecule has 0 saturated heterocycles. The van der Waals surface area contributed by atoms with Crippen molar-refractivity contribution in [3.05, 3.63) is 27.3 Å². The van der Waals surface area contributed by atoms with Gasteiger partial charge in [-0.1, -0.05) is 5.21 Å². The number of rotatable bonds is 4. The number of hydrogen-bond donors (Lipinski definition) is 2. The fourth-order valence-corrected chi connectivity index (χ4v) is 2.17. The van der Waals surface area contributed by atoms with Crippen LogP contribution < -0.4 is 11.1 Å². The van der Waals surface area contributed by atoms with Gasteiger partial charge in [-0.2, -0.15) is 0 Å². The molecule has 0 spiro atoms. The molecule has 0 saturated carbocycles. The number of nitrogens with zero attached hydrogens (tertiary/aromatic N) is 5. The van der Waals surface area contributed by atoms with E-state index in [4.69, 9.17) is 5.73 Å². The minimum Gasteiger partial charge on any atom is -0.325 e. The topological polar surface area (TPSA) is 112 Å².